The minimum absolute atomic E-state index is 0.217. The summed E-state index contributed by atoms with van der Waals surface area (Å²) in [5, 5.41) is 0. The predicted octanol–water partition coefficient (Wildman–Crippen LogP) is 1.66. The van der Waals surface area contributed by atoms with Crippen molar-refractivity contribution < 1.29 is 22.0 Å². The van der Waals surface area contributed by atoms with Crippen molar-refractivity contribution in [2.24, 2.45) is 0 Å². The molecular formula is C13H13FN2O4S. The Kier molecular flexibility index (Phi) is 4.10. The van der Waals surface area contributed by atoms with Gasteiger partial charge in [0.05, 0.1) is 10.5 Å². The van der Waals surface area contributed by atoms with Gasteiger partial charge in [0.1, 0.15) is 17.3 Å². The minimum Gasteiger partial charge on any atom is -0.466 e. The maximum atomic E-state index is 13.0. The molecule has 2 aromatic rings. The van der Waals surface area contributed by atoms with Gasteiger partial charge in [-0.1, -0.05) is 6.07 Å². The Bertz CT molecular complexity index is 783. The minimum atomic E-state index is -4.04. The summed E-state index contributed by atoms with van der Waals surface area (Å²) in [4.78, 5) is 13.5. The fourth-order valence-corrected chi connectivity index (χ4v) is 2.60. The lowest BCUT2D eigenvalue weighted by Crippen LogP contribution is -2.41. The second kappa shape index (κ2) is 5.66. The Morgan fingerprint density at radius 1 is 1.24 bits per heavy atom. The number of furan rings is 1. The lowest BCUT2D eigenvalue weighted by atomic mass is 10.2. The number of benzene rings is 1. The summed E-state index contributed by atoms with van der Waals surface area (Å²) >= 11 is 0. The fraction of sp³-hybridized carbons (Fsp3) is 0.154. The van der Waals surface area contributed by atoms with E-state index in [9.17, 15) is 17.6 Å². The van der Waals surface area contributed by atoms with Crippen molar-refractivity contribution in [3.05, 3.63) is 53.2 Å². The molecule has 0 spiro atoms. The number of carbonyl (C=O) groups excluding carboxylic acids is 1. The lowest BCUT2D eigenvalue weighted by Gasteiger charge is -2.08. The van der Waals surface area contributed by atoms with Gasteiger partial charge in [0.2, 0.25) is 0 Å². The number of rotatable bonds is 4. The van der Waals surface area contributed by atoms with Gasteiger partial charge in [-0.3, -0.25) is 10.2 Å². The largest absolute Gasteiger partial charge is 0.466 e. The molecule has 0 aliphatic carbocycles. The molecule has 0 radical (unpaired) electrons. The molecule has 0 atom stereocenters. The molecule has 0 saturated carbocycles. The number of hydrogen-bond acceptors (Lipinski definition) is 4. The molecule has 112 valence electrons. The van der Waals surface area contributed by atoms with E-state index in [-0.39, 0.29) is 10.5 Å². The molecule has 0 bridgehead atoms. The Morgan fingerprint density at radius 3 is 2.52 bits per heavy atom. The van der Waals surface area contributed by atoms with Crippen LogP contribution in [0, 0.1) is 19.7 Å². The Hall–Kier alpha value is -2.19. The standard InChI is InChI=1S/C13H13FN2O4S/c1-8-6-12(9(2)20-8)13(17)15-16-21(18,19)11-5-3-4-10(14)7-11/h3-7,16H,1-2H3,(H,15,17). The number of hydrazine groups is 1. The highest BCUT2D eigenvalue weighted by Gasteiger charge is 2.18. The molecule has 0 aliphatic heterocycles. The average molecular weight is 312 g/mol. The van der Waals surface area contributed by atoms with Crippen LogP contribution in [0.25, 0.3) is 0 Å². The molecule has 21 heavy (non-hydrogen) atoms. The SMILES string of the molecule is Cc1cc(C(=O)NNS(=O)(=O)c2cccc(F)c2)c(C)o1. The van der Waals surface area contributed by atoms with E-state index in [1.54, 1.807) is 13.8 Å². The van der Waals surface area contributed by atoms with Crippen LogP contribution in [0.15, 0.2) is 39.6 Å². The van der Waals surface area contributed by atoms with Crippen molar-refractivity contribution in [2.45, 2.75) is 18.7 Å². The van der Waals surface area contributed by atoms with Gasteiger partial charge in [0.15, 0.2) is 0 Å². The molecule has 2 rings (SSSR count). The van der Waals surface area contributed by atoms with Crippen LogP contribution in [-0.2, 0) is 10.0 Å². The topological polar surface area (TPSA) is 88.4 Å². The summed E-state index contributed by atoms with van der Waals surface area (Å²) in [6, 6.07) is 5.93. The zero-order chi connectivity index (χ0) is 15.6. The quantitative estimate of drug-likeness (QED) is 0.840. The molecule has 0 aliphatic rings. The van der Waals surface area contributed by atoms with E-state index in [4.69, 9.17) is 4.42 Å². The molecule has 6 nitrogen and oxygen atoms in total. The van der Waals surface area contributed by atoms with E-state index in [0.717, 1.165) is 12.1 Å². The van der Waals surface area contributed by atoms with Crippen LogP contribution in [0.1, 0.15) is 21.9 Å². The van der Waals surface area contributed by atoms with Crippen LogP contribution >= 0.6 is 0 Å². The van der Waals surface area contributed by atoms with Crippen LogP contribution in [0.4, 0.5) is 4.39 Å². The van der Waals surface area contributed by atoms with Gasteiger partial charge < -0.3 is 4.42 Å². The van der Waals surface area contributed by atoms with Gasteiger partial charge in [-0.15, -0.1) is 4.83 Å². The number of amides is 1. The number of hydrogen-bond donors (Lipinski definition) is 2. The van der Waals surface area contributed by atoms with Crippen molar-refractivity contribution in [3.8, 4) is 0 Å². The summed E-state index contributed by atoms with van der Waals surface area (Å²) in [5.41, 5.74) is 2.27. The van der Waals surface area contributed by atoms with Crippen LogP contribution in [-0.4, -0.2) is 14.3 Å². The Morgan fingerprint density at radius 2 is 1.95 bits per heavy atom. The zero-order valence-corrected chi connectivity index (χ0v) is 12.1. The first kappa shape index (κ1) is 15.2. The van der Waals surface area contributed by atoms with Crippen LogP contribution in [0.5, 0.6) is 0 Å². The highest BCUT2D eigenvalue weighted by Crippen LogP contribution is 2.13. The van der Waals surface area contributed by atoms with E-state index < -0.39 is 21.7 Å². The maximum Gasteiger partial charge on any atom is 0.269 e. The second-order valence-electron chi connectivity index (χ2n) is 4.34. The first-order valence-corrected chi connectivity index (χ1v) is 7.42. The van der Waals surface area contributed by atoms with Gasteiger partial charge in [-0.2, -0.15) is 0 Å². The molecule has 0 unspecified atom stereocenters. The van der Waals surface area contributed by atoms with E-state index in [1.165, 1.54) is 18.2 Å². The molecule has 1 amide bonds. The van der Waals surface area contributed by atoms with Crippen molar-refractivity contribution in [1.82, 2.24) is 10.3 Å². The van der Waals surface area contributed by atoms with Gasteiger partial charge >= 0.3 is 0 Å². The average Bonchev–Trinajstić information content (AvgIpc) is 2.75. The van der Waals surface area contributed by atoms with Crippen LogP contribution in [0.3, 0.4) is 0 Å². The Balaban J connectivity index is 2.12. The van der Waals surface area contributed by atoms with E-state index >= 15 is 0 Å². The first-order valence-electron chi connectivity index (χ1n) is 5.94. The van der Waals surface area contributed by atoms with Gasteiger partial charge in [0, 0.05) is 0 Å². The molecule has 2 N–H and O–H groups in total. The van der Waals surface area contributed by atoms with Crippen LogP contribution in [0.2, 0.25) is 0 Å². The molecule has 0 fully saturated rings. The molecule has 1 aromatic heterocycles. The maximum absolute atomic E-state index is 13.0. The molecule has 8 heteroatoms. The third-order valence-corrected chi connectivity index (χ3v) is 3.94. The van der Waals surface area contributed by atoms with Crippen LogP contribution < -0.4 is 10.3 Å². The molecule has 1 heterocycles. The number of nitrogens with one attached hydrogen (secondary N) is 2. The van der Waals surface area contributed by atoms with E-state index in [2.05, 4.69) is 5.43 Å². The molecular weight excluding hydrogens is 299 g/mol. The lowest BCUT2D eigenvalue weighted by molar-refractivity contribution is 0.0943. The smallest absolute Gasteiger partial charge is 0.269 e. The number of sulfonamides is 1. The van der Waals surface area contributed by atoms with E-state index in [1.807, 2.05) is 4.83 Å². The predicted molar refractivity (Wildman–Crippen MR) is 72.4 cm³/mol. The normalized spacial score (nSPS) is 11.4. The highest BCUT2D eigenvalue weighted by atomic mass is 32.2. The third-order valence-electron chi connectivity index (χ3n) is 2.69. The summed E-state index contributed by atoms with van der Waals surface area (Å²) in [6.07, 6.45) is 0. The number of aryl methyl sites for hydroxylation is 2. The van der Waals surface area contributed by atoms with Crippen molar-refractivity contribution >= 4 is 15.9 Å². The van der Waals surface area contributed by atoms with Gasteiger partial charge in [0.25, 0.3) is 15.9 Å². The number of carbonyl (C=O) groups is 1. The zero-order valence-electron chi connectivity index (χ0n) is 11.3. The summed E-state index contributed by atoms with van der Waals surface area (Å²) in [5.74, 6) is -0.449. The summed E-state index contributed by atoms with van der Waals surface area (Å²) in [6.45, 7) is 3.25. The second-order valence-corrected chi connectivity index (χ2v) is 6.03. The number of halogens is 1. The highest BCUT2D eigenvalue weighted by molar-refractivity contribution is 7.89. The van der Waals surface area contributed by atoms with Crippen molar-refractivity contribution in [1.29, 1.82) is 0 Å². The van der Waals surface area contributed by atoms with Crippen molar-refractivity contribution in [2.75, 3.05) is 0 Å². The van der Waals surface area contributed by atoms with E-state index in [0.29, 0.717) is 11.5 Å². The third kappa shape index (κ3) is 3.47. The fourth-order valence-electron chi connectivity index (χ4n) is 1.73. The monoisotopic (exact) mass is 312 g/mol. The first-order chi connectivity index (χ1) is 9.79. The van der Waals surface area contributed by atoms with Gasteiger partial charge in [-0.25, -0.2) is 12.8 Å². The van der Waals surface area contributed by atoms with Crippen molar-refractivity contribution in [3.63, 3.8) is 0 Å². The summed E-state index contributed by atoms with van der Waals surface area (Å²) in [7, 11) is -4.04. The Labute approximate surface area is 121 Å². The molecule has 0 saturated heterocycles. The van der Waals surface area contributed by atoms with Gasteiger partial charge in [-0.05, 0) is 38.1 Å². The molecule has 1 aromatic carbocycles. The summed E-state index contributed by atoms with van der Waals surface area (Å²) < 4.78 is 42.0.